The molecule has 1 aliphatic rings. The lowest BCUT2D eigenvalue weighted by atomic mass is 9.85. The van der Waals surface area contributed by atoms with Crippen molar-refractivity contribution in [2.75, 3.05) is 6.61 Å². The molecule has 0 bridgehead atoms. The second kappa shape index (κ2) is 7.66. The molecule has 25 heavy (non-hydrogen) atoms. The van der Waals surface area contributed by atoms with Gasteiger partial charge in [0.1, 0.15) is 12.4 Å². The molecule has 0 spiro atoms. The molecular weight excluding hydrogens is 316 g/mol. The number of carbonyl (C=O) groups excluding carboxylic acids is 1. The number of pyridine rings is 1. The van der Waals surface area contributed by atoms with Crippen LogP contribution in [0.1, 0.15) is 42.2 Å². The zero-order chi connectivity index (χ0) is 17.7. The van der Waals surface area contributed by atoms with E-state index >= 15 is 0 Å². The van der Waals surface area contributed by atoms with Crippen molar-refractivity contribution in [3.63, 3.8) is 0 Å². The first-order valence-corrected chi connectivity index (χ1v) is 8.65. The van der Waals surface area contributed by atoms with Crippen molar-refractivity contribution in [2.45, 2.75) is 38.8 Å². The molecule has 1 aliphatic carbocycles. The Kier molecular flexibility index (Phi) is 5.34. The van der Waals surface area contributed by atoms with Gasteiger partial charge in [-0.2, -0.15) is 0 Å². The molecule has 0 aliphatic heterocycles. The van der Waals surface area contributed by atoms with Crippen LogP contribution >= 0.6 is 0 Å². The number of amides is 1. The van der Waals surface area contributed by atoms with Gasteiger partial charge in [0, 0.05) is 23.2 Å². The number of rotatable bonds is 6. The Bertz CT molecular complexity index is 703. The highest BCUT2D eigenvalue weighted by molar-refractivity contribution is 5.94. The largest absolute Gasteiger partial charge is 0.487 e. The number of ether oxygens (including phenoxy) is 1. The second-order valence-electron chi connectivity index (χ2n) is 6.86. The van der Waals surface area contributed by atoms with Crippen molar-refractivity contribution in [3.8, 4) is 5.75 Å². The van der Waals surface area contributed by atoms with Gasteiger partial charge in [0.05, 0.1) is 12.3 Å². The van der Waals surface area contributed by atoms with Crippen LogP contribution < -0.4 is 10.1 Å². The predicted octanol–water partition coefficient (Wildman–Crippen LogP) is 2.94. The van der Waals surface area contributed by atoms with E-state index in [1.165, 1.54) is 0 Å². The first-order chi connectivity index (χ1) is 12.1. The van der Waals surface area contributed by atoms with Crippen LogP contribution in [0.4, 0.5) is 0 Å². The molecule has 1 amide bonds. The average molecular weight is 340 g/mol. The van der Waals surface area contributed by atoms with Crippen molar-refractivity contribution in [3.05, 3.63) is 59.9 Å². The third-order valence-corrected chi connectivity index (χ3v) is 4.98. The fraction of sp³-hybridized carbons (Fsp3) is 0.400. The number of nitrogens with one attached hydrogen (secondary N) is 1. The van der Waals surface area contributed by atoms with Crippen molar-refractivity contribution in [2.24, 2.45) is 5.41 Å². The predicted molar refractivity (Wildman–Crippen MR) is 95.3 cm³/mol. The number of aromatic nitrogens is 1. The Labute approximate surface area is 148 Å². The molecule has 2 aromatic rings. The number of nitrogens with zero attached hydrogens (tertiary/aromatic N) is 1. The second-order valence-corrected chi connectivity index (χ2v) is 6.86. The third kappa shape index (κ3) is 4.17. The molecule has 2 atom stereocenters. The highest BCUT2D eigenvalue weighted by Gasteiger charge is 2.39. The number of hydrogen-bond donors (Lipinski definition) is 2. The molecule has 1 aromatic carbocycles. The summed E-state index contributed by atoms with van der Waals surface area (Å²) in [7, 11) is 0. The lowest BCUT2D eigenvalue weighted by Crippen LogP contribution is -2.44. The maximum absolute atomic E-state index is 12.5. The Morgan fingerprint density at radius 2 is 2.12 bits per heavy atom. The van der Waals surface area contributed by atoms with Crippen LogP contribution in [0.15, 0.2) is 48.7 Å². The normalized spacial score (nSPS) is 22.6. The SMILES string of the molecule is CC1(CO)CCCC1NC(=O)c1ccc(OCc2ccccn2)cc1. The van der Waals surface area contributed by atoms with Gasteiger partial charge in [-0.05, 0) is 49.2 Å². The van der Waals surface area contributed by atoms with Gasteiger partial charge in [-0.15, -0.1) is 0 Å². The van der Waals surface area contributed by atoms with Gasteiger partial charge in [-0.3, -0.25) is 9.78 Å². The molecule has 3 rings (SSSR count). The van der Waals surface area contributed by atoms with Crippen LogP contribution in [-0.2, 0) is 6.61 Å². The molecular formula is C20H24N2O3. The first-order valence-electron chi connectivity index (χ1n) is 8.65. The minimum Gasteiger partial charge on any atom is -0.487 e. The first kappa shape index (κ1) is 17.4. The standard InChI is InChI=1S/C20H24N2O3/c1-20(14-23)11-4-6-18(20)22-19(24)15-7-9-17(10-8-15)25-13-16-5-2-3-12-21-16/h2-3,5,7-10,12,18,23H,4,6,11,13-14H2,1H3,(H,22,24). The van der Waals surface area contributed by atoms with Crippen LogP contribution in [-0.4, -0.2) is 28.6 Å². The lowest BCUT2D eigenvalue weighted by Gasteiger charge is -2.30. The van der Waals surface area contributed by atoms with Gasteiger partial charge in [-0.1, -0.05) is 19.4 Å². The van der Waals surface area contributed by atoms with Gasteiger partial charge in [0.25, 0.3) is 5.91 Å². The fourth-order valence-electron chi connectivity index (χ4n) is 3.25. The summed E-state index contributed by atoms with van der Waals surface area (Å²) in [5.74, 6) is 0.589. The van der Waals surface area contributed by atoms with E-state index in [4.69, 9.17) is 4.74 Å². The monoisotopic (exact) mass is 340 g/mol. The number of aliphatic hydroxyl groups is 1. The van der Waals surface area contributed by atoms with Crippen LogP contribution in [0.2, 0.25) is 0 Å². The summed E-state index contributed by atoms with van der Waals surface area (Å²) in [6.45, 7) is 2.51. The van der Waals surface area contributed by atoms with Crippen molar-refractivity contribution in [1.29, 1.82) is 0 Å². The van der Waals surface area contributed by atoms with Gasteiger partial charge in [-0.25, -0.2) is 0 Å². The molecule has 5 nitrogen and oxygen atoms in total. The minimum absolute atomic E-state index is 0.0186. The molecule has 5 heteroatoms. The van der Waals surface area contributed by atoms with Gasteiger partial charge >= 0.3 is 0 Å². The smallest absolute Gasteiger partial charge is 0.251 e. The summed E-state index contributed by atoms with van der Waals surface area (Å²) in [4.78, 5) is 16.7. The highest BCUT2D eigenvalue weighted by Crippen LogP contribution is 2.37. The molecule has 2 unspecified atom stereocenters. The van der Waals surface area contributed by atoms with E-state index < -0.39 is 0 Å². The molecule has 1 saturated carbocycles. The number of aliphatic hydroxyl groups excluding tert-OH is 1. The van der Waals surface area contributed by atoms with E-state index in [1.807, 2.05) is 25.1 Å². The number of hydrogen-bond acceptors (Lipinski definition) is 4. The van der Waals surface area contributed by atoms with Crippen molar-refractivity contribution >= 4 is 5.91 Å². The summed E-state index contributed by atoms with van der Waals surface area (Å²) in [6.07, 6.45) is 4.61. The molecule has 2 N–H and O–H groups in total. The van der Waals surface area contributed by atoms with Gasteiger partial charge in [0.15, 0.2) is 0 Å². The average Bonchev–Trinajstić information content (AvgIpc) is 3.02. The summed E-state index contributed by atoms with van der Waals surface area (Å²) in [6, 6.07) is 12.8. The van der Waals surface area contributed by atoms with E-state index in [-0.39, 0.29) is 24.0 Å². The van der Waals surface area contributed by atoms with E-state index in [0.29, 0.717) is 17.9 Å². The van der Waals surface area contributed by atoms with Gasteiger partial charge < -0.3 is 15.2 Å². The van der Waals surface area contributed by atoms with Gasteiger partial charge in [0.2, 0.25) is 0 Å². The maximum Gasteiger partial charge on any atom is 0.251 e. The molecule has 1 aromatic heterocycles. The maximum atomic E-state index is 12.5. The number of carbonyl (C=O) groups is 1. The Morgan fingerprint density at radius 3 is 2.80 bits per heavy atom. The van der Waals surface area contributed by atoms with Crippen LogP contribution in [0.25, 0.3) is 0 Å². The molecule has 1 fully saturated rings. The summed E-state index contributed by atoms with van der Waals surface area (Å²) in [5.41, 5.74) is 1.23. The molecule has 0 saturated heterocycles. The van der Waals surface area contributed by atoms with E-state index in [1.54, 1.807) is 30.5 Å². The Balaban J connectivity index is 1.57. The zero-order valence-corrected chi connectivity index (χ0v) is 14.4. The Morgan fingerprint density at radius 1 is 1.32 bits per heavy atom. The fourth-order valence-corrected chi connectivity index (χ4v) is 3.25. The van der Waals surface area contributed by atoms with Crippen LogP contribution in [0.5, 0.6) is 5.75 Å². The quantitative estimate of drug-likeness (QED) is 0.848. The Hall–Kier alpha value is -2.40. The summed E-state index contributed by atoms with van der Waals surface area (Å²) in [5, 5.41) is 12.7. The summed E-state index contributed by atoms with van der Waals surface area (Å²) >= 11 is 0. The van der Waals surface area contributed by atoms with Crippen LogP contribution in [0, 0.1) is 5.41 Å². The summed E-state index contributed by atoms with van der Waals surface area (Å²) < 4.78 is 5.68. The zero-order valence-electron chi connectivity index (χ0n) is 14.4. The number of benzene rings is 1. The van der Waals surface area contributed by atoms with Crippen LogP contribution in [0.3, 0.4) is 0 Å². The van der Waals surface area contributed by atoms with Crippen molar-refractivity contribution < 1.29 is 14.6 Å². The van der Waals surface area contributed by atoms with E-state index in [9.17, 15) is 9.90 Å². The molecule has 0 radical (unpaired) electrons. The molecule has 132 valence electrons. The lowest BCUT2D eigenvalue weighted by molar-refractivity contribution is 0.0830. The van der Waals surface area contributed by atoms with Crippen molar-refractivity contribution in [1.82, 2.24) is 10.3 Å². The highest BCUT2D eigenvalue weighted by atomic mass is 16.5. The minimum atomic E-state index is -0.221. The third-order valence-electron chi connectivity index (χ3n) is 4.98. The molecule has 1 heterocycles. The van der Waals surface area contributed by atoms with E-state index in [2.05, 4.69) is 10.3 Å². The topological polar surface area (TPSA) is 71.5 Å². The van der Waals surface area contributed by atoms with E-state index in [0.717, 1.165) is 25.0 Å².